The summed E-state index contributed by atoms with van der Waals surface area (Å²) in [5.74, 6) is -0.675. The molecule has 0 bridgehead atoms. The van der Waals surface area contributed by atoms with E-state index in [4.69, 9.17) is 9.47 Å². The molecule has 6 heteroatoms. The van der Waals surface area contributed by atoms with Crippen molar-refractivity contribution < 1.29 is 19.1 Å². The Hall–Kier alpha value is -4.52. The van der Waals surface area contributed by atoms with Crippen LogP contribution in [0.15, 0.2) is 129 Å². The molecule has 204 valence electrons. The summed E-state index contributed by atoms with van der Waals surface area (Å²) in [6.45, 7) is 0. The highest BCUT2D eigenvalue weighted by atomic mass is 32.2. The second kappa shape index (κ2) is 10.7. The van der Waals surface area contributed by atoms with Crippen molar-refractivity contribution in [2.24, 2.45) is 0 Å². The summed E-state index contributed by atoms with van der Waals surface area (Å²) < 4.78 is 10.0. The molecular weight excluding hydrogens is 561 g/mol. The topological polar surface area (TPSA) is 52.6 Å². The molecule has 42 heavy (non-hydrogen) atoms. The number of hydrogen-bond acceptors (Lipinski definition) is 6. The number of fused-ring (bicyclic) bond motifs is 4. The zero-order valence-electron chi connectivity index (χ0n) is 22.8. The van der Waals surface area contributed by atoms with Gasteiger partial charge in [-0.05, 0) is 80.2 Å². The summed E-state index contributed by atoms with van der Waals surface area (Å²) in [7, 11) is 2.82. The molecule has 6 aromatic carbocycles. The van der Waals surface area contributed by atoms with Gasteiger partial charge < -0.3 is 9.47 Å². The number of carbonyl (C=O) groups is 2. The first-order valence-corrected chi connectivity index (χ1v) is 15.0. The number of carbonyl (C=O) groups excluding carboxylic acids is 2. The maximum absolute atomic E-state index is 12.4. The first-order chi connectivity index (χ1) is 20.6. The normalized spacial score (nSPS) is 12.0. The quantitative estimate of drug-likeness (QED) is 0.192. The van der Waals surface area contributed by atoms with Crippen LogP contribution in [0.25, 0.3) is 43.8 Å². The third kappa shape index (κ3) is 4.44. The molecule has 0 aliphatic carbocycles. The molecule has 1 heterocycles. The second-order valence-corrected chi connectivity index (χ2v) is 12.1. The first-order valence-electron chi connectivity index (χ1n) is 13.4. The fraction of sp³-hybridized carbons (Fsp3) is 0.0556. The van der Waals surface area contributed by atoms with Gasteiger partial charge in [-0.15, -0.1) is 0 Å². The van der Waals surface area contributed by atoms with Crippen LogP contribution in [-0.4, -0.2) is 26.2 Å². The van der Waals surface area contributed by atoms with Crippen LogP contribution in [0.2, 0.25) is 0 Å². The highest BCUT2D eigenvalue weighted by Gasteiger charge is 2.21. The van der Waals surface area contributed by atoms with E-state index in [1.54, 1.807) is 23.5 Å². The Kier molecular flexibility index (Phi) is 6.73. The molecule has 1 aliphatic heterocycles. The molecule has 0 saturated heterocycles. The third-order valence-electron chi connectivity index (χ3n) is 7.61. The molecule has 4 nitrogen and oxygen atoms in total. The second-order valence-electron chi connectivity index (χ2n) is 9.92. The Labute approximate surface area is 251 Å². The Morgan fingerprint density at radius 1 is 0.476 bits per heavy atom. The number of ether oxygens (including phenoxy) is 2. The van der Waals surface area contributed by atoms with Gasteiger partial charge in [0.1, 0.15) is 0 Å². The summed E-state index contributed by atoms with van der Waals surface area (Å²) in [4.78, 5) is 29.6. The zero-order valence-corrected chi connectivity index (χ0v) is 24.5. The van der Waals surface area contributed by atoms with Gasteiger partial charge in [-0.3, -0.25) is 0 Å². The van der Waals surface area contributed by atoms with Crippen molar-refractivity contribution in [1.29, 1.82) is 0 Å². The molecule has 7 rings (SSSR count). The molecule has 0 amide bonds. The fourth-order valence-corrected chi connectivity index (χ4v) is 7.87. The Bertz CT molecular complexity index is 1920. The largest absolute Gasteiger partial charge is 0.465 e. The SMILES string of the molecule is COC(=O)c1ccc(-c2ccc3c(c2)Sc2cc(-c4ccc(C(=O)OC)c5ccccc45)ccc2S3)c2ccccc12. The fourth-order valence-electron chi connectivity index (χ4n) is 5.59. The predicted octanol–water partition coefficient (Wildman–Crippen LogP) is 9.52. The van der Waals surface area contributed by atoms with Gasteiger partial charge in [0, 0.05) is 19.6 Å². The van der Waals surface area contributed by atoms with Crippen molar-refractivity contribution in [3.8, 4) is 22.3 Å². The minimum atomic E-state index is -0.338. The van der Waals surface area contributed by atoms with Gasteiger partial charge in [-0.1, -0.05) is 96.3 Å². The standard InChI is InChI=1S/C36H24O4S2/c1-39-35(37)29-15-13-23(25-7-3-5-9-27(25)29)21-11-17-31-33(19-21)42-34-20-22(12-18-32(34)41-31)24-14-16-30(36(38)40-2)28-10-6-4-8-26(24)28/h3-20H,1-2H3. The minimum Gasteiger partial charge on any atom is -0.465 e. The molecule has 0 radical (unpaired) electrons. The molecule has 0 N–H and O–H groups in total. The molecule has 0 saturated carbocycles. The Balaban J connectivity index is 1.28. The van der Waals surface area contributed by atoms with Gasteiger partial charge >= 0.3 is 11.9 Å². The summed E-state index contributed by atoms with van der Waals surface area (Å²) in [5, 5.41) is 3.78. The zero-order chi connectivity index (χ0) is 28.8. The Morgan fingerprint density at radius 2 is 0.881 bits per heavy atom. The maximum atomic E-state index is 12.4. The molecular formula is C36H24O4S2. The third-order valence-corrected chi connectivity index (χ3v) is 10.1. The lowest BCUT2D eigenvalue weighted by Gasteiger charge is -2.21. The molecule has 0 atom stereocenters. The van der Waals surface area contributed by atoms with Crippen molar-refractivity contribution in [3.63, 3.8) is 0 Å². The molecule has 0 spiro atoms. The van der Waals surface area contributed by atoms with E-state index in [1.165, 1.54) is 33.8 Å². The number of esters is 2. The molecule has 0 fully saturated rings. The van der Waals surface area contributed by atoms with E-state index in [1.807, 2.05) is 60.7 Å². The molecule has 6 aromatic rings. The van der Waals surface area contributed by atoms with Gasteiger partial charge in [-0.25, -0.2) is 9.59 Å². The molecule has 0 aromatic heterocycles. The van der Waals surface area contributed by atoms with Crippen LogP contribution in [0, 0.1) is 0 Å². The number of hydrogen-bond donors (Lipinski definition) is 0. The van der Waals surface area contributed by atoms with Crippen LogP contribution in [0.5, 0.6) is 0 Å². The van der Waals surface area contributed by atoms with Crippen LogP contribution >= 0.6 is 23.5 Å². The Morgan fingerprint density at radius 3 is 1.31 bits per heavy atom. The van der Waals surface area contributed by atoms with E-state index in [0.717, 1.165) is 43.8 Å². The van der Waals surface area contributed by atoms with E-state index >= 15 is 0 Å². The first kappa shape index (κ1) is 26.4. The van der Waals surface area contributed by atoms with E-state index in [0.29, 0.717) is 11.1 Å². The van der Waals surface area contributed by atoms with Gasteiger partial charge in [0.15, 0.2) is 0 Å². The molecule has 1 aliphatic rings. The van der Waals surface area contributed by atoms with Crippen LogP contribution in [0.3, 0.4) is 0 Å². The van der Waals surface area contributed by atoms with Crippen LogP contribution in [0.1, 0.15) is 20.7 Å². The summed E-state index contributed by atoms with van der Waals surface area (Å²) >= 11 is 3.54. The predicted molar refractivity (Wildman–Crippen MR) is 170 cm³/mol. The number of rotatable bonds is 4. The van der Waals surface area contributed by atoms with Crippen LogP contribution < -0.4 is 0 Å². The average molecular weight is 585 g/mol. The highest BCUT2D eigenvalue weighted by molar-refractivity contribution is 8.05. The number of benzene rings is 6. The van der Waals surface area contributed by atoms with Gasteiger partial charge in [0.2, 0.25) is 0 Å². The van der Waals surface area contributed by atoms with E-state index < -0.39 is 0 Å². The van der Waals surface area contributed by atoms with E-state index in [9.17, 15) is 9.59 Å². The maximum Gasteiger partial charge on any atom is 0.338 e. The summed E-state index contributed by atoms with van der Waals surface area (Å²) in [5.41, 5.74) is 5.46. The van der Waals surface area contributed by atoms with Crippen molar-refractivity contribution in [3.05, 3.63) is 120 Å². The van der Waals surface area contributed by atoms with Gasteiger partial charge in [0.05, 0.1) is 25.3 Å². The van der Waals surface area contributed by atoms with E-state index in [-0.39, 0.29) is 11.9 Å². The van der Waals surface area contributed by atoms with Crippen molar-refractivity contribution in [2.75, 3.05) is 14.2 Å². The van der Waals surface area contributed by atoms with Crippen LogP contribution in [0.4, 0.5) is 0 Å². The van der Waals surface area contributed by atoms with Crippen LogP contribution in [-0.2, 0) is 9.47 Å². The van der Waals surface area contributed by atoms with E-state index in [2.05, 4.69) is 48.5 Å². The monoisotopic (exact) mass is 584 g/mol. The van der Waals surface area contributed by atoms with Crippen molar-refractivity contribution >= 4 is 57.0 Å². The lowest BCUT2D eigenvalue weighted by atomic mass is 9.95. The van der Waals surface area contributed by atoms with Crippen molar-refractivity contribution in [1.82, 2.24) is 0 Å². The average Bonchev–Trinajstić information content (AvgIpc) is 3.05. The minimum absolute atomic E-state index is 0.338. The van der Waals surface area contributed by atoms with Gasteiger partial charge in [-0.2, -0.15) is 0 Å². The van der Waals surface area contributed by atoms with Gasteiger partial charge in [0.25, 0.3) is 0 Å². The lowest BCUT2D eigenvalue weighted by molar-refractivity contribution is 0.0594. The van der Waals surface area contributed by atoms with Crippen molar-refractivity contribution in [2.45, 2.75) is 19.6 Å². The smallest absolute Gasteiger partial charge is 0.338 e. The summed E-state index contributed by atoms with van der Waals surface area (Å²) in [6, 6.07) is 36.8. The lowest BCUT2D eigenvalue weighted by Crippen LogP contribution is -2.02. The summed E-state index contributed by atoms with van der Waals surface area (Å²) in [6.07, 6.45) is 0. The highest BCUT2D eigenvalue weighted by Crippen LogP contribution is 2.51. The number of methoxy groups -OCH3 is 2. The molecule has 0 unspecified atom stereocenters.